The van der Waals surface area contributed by atoms with E-state index in [1.165, 1.54) is 0 Å². The second-order valence-electron chi connectivity index (χ2n) is 5.29. The summed E-state index contributed by atoms with van der Waals surface area (Å²) in [5, 5.41) is 6.38. The molecule has 0 aromatic heterocycles. The molecule has 2 N–H and O–H groups in total. The molecule has 100 valence electrons. The van der Waals surface area contributed by atoms with Crippen molar-refractivity contribution in [2.45, 2.75) is 46.2 Å². The first-order valence-electron chi connectivity index (χ1n) is 6.80. The Balaban J connectivity index is 2.46. The molecule has 1 rings (SSSR count). The Hall–Kier alpha value is -0.610. The lowest BCUT2D eigenvalue weighted by Gasteiger charge is -2.32. The van der Waals surface area contributed by atoms with E-state index in [1.54, 1.807) is 0 Å². The maximum absolute atomic E-state index is 12.0. The highest BCUT2D eigenvalue weighted by Gasteiger charge is 2.28. The van der Waals surface area contributed by atoms with Gasteiger partial charge >= 0.3 is 0 Å². The Labute approximate surface area is 105 Å². The fraction of sp³-hybridized carbons (Fsp3) is 0.923. The molecule has 4 heteroatoms. The van der Waals surface area contributed by atoms with Crippen molar-refractivity contribution >= 4 is 5.91 Å². The molecular weight excluding hydrogens is 214 g/mol. The molecule has 2 atom stereocenters. The minimum atomic E-state index is -0.0244. The van der Waals surface area contributed by atoms with Crippen LogP contribution < -0.4 is 10.6 Å². The minimum Gasteiger partial charge on any atom is -0.354 e. The zero-order valence-corrected chi connectivity index (χ0v) is 11.6. The van der Waals surface area contributed by atoms with Gasteiger partial charge in [0.25, 0.3) is 0 Å². The van der Waals surface area contributed by atoms with Gasteiger partial charge in [0.15, 0.2) is 0 Å². The Morgan fingerprint density at radius 1 is 1.47 bits per heavy atom. The van der Waals surface area contributed by atoms with E-state index in [1.807, 2.05) is 6.92 Å². The van der Waals surface area contributed by atoms with Crippen LogP contribution in [0.4, 0.5) is 0 Å². The predicted octanol–water partition coefficient (Wildman–Crippen LogP) is 0.831. The average molecular weight is 241 g/mol. The average Bonchev–Trinajstić information content (AvgIpc) is 2.80. The van der Waals surface area contributed by atoms with Crippen LogP contribution in [-0.4, -0.2) is 49.1 Å². The molecule has 1 saturated heterocycles. The first-order valence-corrected chi connectivity index (χ1v) is 6.80. The SMILES string of the molecule is CCN(C1CCNC1)C(C)C(=O)NCC(C)C. The molecular formula is C13H27N3O. The number of carbonyl (C=O) groups excluding carboxylic acids is 1. The van der Waals surface area contributed by atoms with Gasteiger partial charge in [-0.25, -0.2) is 0 Å². The molecule has 17 heavy (non-hydrogen) atoms. The summed E-state index contributed by atoms with van der Waals surface area (Å²) in [6, 6.07) is 0.489. The highest BCUT2D eigenvalue weighted by molar-refractivity contribution is 5.81. The third-order valence-electron chi connectivity index (χ3n) is 3.43. The van der Waals surface area contributed by atoms with E-state index in [9.17, 15) is 4.79 Å². The standard InChI is InChI=1S/C13H27N3O/c1-5-16(12-6-7-14-9-12)11(4)13(17)15-8-10(2)3/h10-12,14H,5-9H2,1-4H3,(H,15,17). The van der Waals surface area contributed by atoms with E-state index < -0.39 is 0 Å². The monoisotopic (exact) mass is 241 g/mol. The summed E-state index contributed by atoms with van der Waals surface area (Å²) in [7, 11) is 0. The topological polar surface area (TPSA) is 44.4 Å². The van der Waals surface area contributed by atoms with Crippen LogP contribution in [0.1, 0.15) is 34.1 Å². The van der Waals surface area contributed by atoms with Gasteiger partial charge in [-0.3, -0.25) is 9.69 Å². The number of hydrogen-bond acceptors (Lipinski definition) is 3. The van der Waals surface area contributed by atoms with Gasteiger partial charge in [0.05, 0.1) is 6.04 Å². The molecule has 1 aliphatic heterocycles. The molecule has 1 amide bonds. The van der Waals surface area contributed by atoms with Gasteiger partial charge in [-0.2, -0.15) is 0 Å². The number of nitrogens with one attached hydrogen (secondary N) is 2. The van der Waals surface area contributed by atoms with E-state index in [4.69, 9.17) is 0 Å². The summed E-state index contributed by atoms with van der Waals surface area (Å²) >= 11 is 0. The van der Waals surface area contributed by atoms with Gasteiger partial charge in [-0.05, 0) is 32.4 Å². The first kappa shape index (κ1) is 14.5. The second-order valence-corrected chi connectivity index (χ2v) is 5.29. The second kappa shape index (κ2) is 6.97. The van der Waals surface area contributed by atoms with Crippen molar-refractivity contribution in [2.24, 2.45) is 5.92 Å². The van der Waals surface area contributed by atoms with E-state index in [0.717, 1.165) is 32.6 Å². The van der Waals surface area contributed by atoms with Gasteiger partial charge in [0.1, 0.15) is 0 Å². The molecule has 0 aromatic rings. The molecule has 0 saturated carbocycles. The van der Waals surface area contributed by atoms with Crippen LogP contribution >= 0.6 is 0 Å². The van der Waals surface area contributed by atoms with Crippen molar-refractivity contribution in [3.63, 3.8) is 0 Å². The first-order chi connectivity index (χ1) is 8.06. The van der Waals surface area contributed by atoms with Gasteiger partial charge in [0, 0.05) is 19.1 Å². The van der Waals surface area contributed by atoms with Crippen LogP contribution in [0.15, 0.2) is 0 Å². The lowest BCUT2D eigenvalue weighted by molar-refractivity contribution is -0.126. The molecule has 0 spiro atoms. The van der Waals surface area contributed by atoms with Crippen LogP contribution in [0.2, 0.25) is 0 Å². The molecule has 4 nitrogen and oxygen atoms in total. The number of carbonyl (C=O) groups is 1. The molecule has 1 heterocycles. The zero-order chi connectivity index (χ0) is 12.8. The smallest absolute Gasteiger partial charge is 0.237 e. The molecule has 0 bridgehead atoms. The number of likely N-dealkylation sites (N-methyl/N-ethyl adjacent to an activating group) is 1. The largest absolute Gasteiger partial charge is 0.354 e. The summed E-state index contributed by atoms with van der Waals surface area (Å²) in [5.74, 6) is 0.668. The normalized spacial score (nSPS) is 22.1. The lowest BCUT2D eigenvalue weighted by Crippen LogP contribution is -2.50. The highest BCUT2D eigenvalue weighted by atomic mass is 16.2. The number of hydrogen-bond donors (Lipinski definition) is 2. The van der Waals surface area contributed by atoms with Crippen molar-refractivity contribution in [1.82, 2.24) is 15.5 Å². The summed E-state index contributed by atoms with van der Waals surface area (Å²) < 4.78 is 0. The van der Waals surface area contributed by atoms with Crippen LogP contribution in [0.25, 0.3) is 0 Å². The number of amides is 1. The Morgan fingerprint density at radius 2 is 2.18 bits per heavy atom. The number of nitrogens with zero attached hydrogens (tertiary/aromatic N) is 1. The van der Waals surface area contributed by atoms with Crippen molar-refractivity contribution in [3.05, 3.63) is 0 Å². The molecule has 2 unspecified atom stereocenters. The van der Waals surface area contributed by atoms with E-state index in [0.29, 0.717) is 12.0 Å². The third kappa shape index (κ3) is 4.28. The fourth-order valence-electron chi connectivity index (χ4n) is 2.37. The van der Waals surface area contributed by atoms with E-state index >= 15 is 0 Å². The third-order valence-corrected chi connectivity index (χ3v) is 3.43. The van der Waals surface area contributed by atoms with Crippen LogP contribution in [0.5, 0.6) is 0 Å². The molecule has 0 radical (unpaired) electrons. The molecule has 1 aliphatic rings. The van der Waals surface area contributed by atoms with Crippen molar-refractivity contribution in [3.8, 4) is 0 Å². The minimum absolute atomic E-state index is 0.0244. The summed E-state index contributed by atoms with van der Waals surface area (Å²) in [6.45, 7) is 12.2. The van der Waals surface area contributed by atoms with Crippen molar-refractivity contribution in [1.29, 1.82) is 0 Å². The molecule has 1 fully saturated rings. The quantitative estimate of drug-likeness (QED) is 0.724. The number of rotatable bonds is 6. The summed E-state index contributed by atoms with van der Waals surface area (Å²) in [6.07, 6.45) is 1.15. The van der Waals surface area contributed by atoms with Gasteiger partial charge in [-0.15, -0.1) is 0 Å². The summed E-state index contributed by atoms with van der Waals surface area (Å²) in [5.41, 5.74) is 0. The Bertz CT molecular complexity index is 237. The lowest BCUT2D eigenvalue weighted by atomic mass is 10.1. The zero-order valence-electron chi connectivity index (χ0n) is 11.6. The van der Waals surface area contributed by atoms with Crippen LogP contribution in [-0.2, 0) is 4.79 Å². The predicted molar refractivity (Wildman–Crippen MR) is 71.0 cm³/mol. The van der Waals surface area contributed by atoms with Gasteiger partial charge in [0.2, 0.25) is 5.91 Å². The van der Waals surface area contributed by atoms with Gasteiger partial charge < -0.3 is 10.6 Å². The van der Waals surface area contributed by atoms with Crippen molar-refractivity contribution < 1.29 is 4.79 Å². The van der Waals surface area contributed by atoms with Crippen molar-refractivity contribution in [2.75, 3.05) is 26.2 Å². The fourth-order valence-corrected chi connectivity index (χ4v) is 2.37. The van der Waals surface area contributed by atoms with Crippen LogP contribution in [0, 0.1) is 5.92 Å². The Morgan fingerprint density at radius 3 is 2.65 bits per heavy atom. The maximum atomic E-state index is 12.0. The van der Waals surface area contributed by atoms with E-state index in [-0.39, 0.29) is 11.9 Å². The highest BCUT2D eigenvalue weighted by Crippen LogP contribution is 2.12. The molecule has 0 aromatic carbocycles. The summed E-state index contributed by atoms with van der Waals surface area (Å²) in [4.78, 5) is 14.3. The Kier molecular flexibility index (Phi) is 5.92. The van der Waals surface area contributed by atoms with E-state index in [2.05, 4.69) is 36.3 Å². The molecule has 0 aliphatic carbocycles. The maximum Gasteiger partial charge on any atom is 0.237 e. The van der Waals surface area contributed by atoms with Gasteiger partial charge in [-0.1, -0.05) is 20.8 Å². The van der Waals surface area contributed by atoms with Crippen LogP contribution in [0.3, 0.4) is 0 Å².